The summed E-state index contributed by atoms with van der Waals surface area (Å²) in [6.45, 7) is 4.65. The van der Waals surface area contributed by atoms with Crippen molar-refractivity contribution in [3.8, 4) is 5.75 Å². The summed E-state index contributed by atoms with van der Waals surface area (Å²) in [7, 11) is 1.69. The monoisotopic (exact) mass is 250 g/mol. The highest BCUT2D eigenvalue weighted by Crippen LogP contribution is 2.11. The van der Waals surface area contributed by atoms with E-state index in [9.17, 15) is 0 Å². The van der Waals surface area contributed by atoms with Crippen LogP contribution in [0.1, 0.15) is 5.56 Å². The van der Waals surface area contributed by atoms with Crippen LogP contribution in [0.4, 0.5) is 0 Å². The van der Waals surface area contributed by atoms with Crippen molar-refractivity contribution in [3.63, 3.8) is 0 Å². The van der Waals surface area contributed by atoms with E-state index in [2.05, 4.69) is 22.8 Å². The number of rotatable bonds is 6. The average Bonchev–Trinajstić information content (AvgIpc) is 2.45. The first-order chi connectivity index (χ1) is 8.88. The van der Waals surface area contributed by atoms with Gasteiger partial charge in [0, 0.05) is 19.6 Å². The summed E-state index contributed by atoms with van der Waals surface area (Å²) in [4.78, 5) is 0. The number of hydrogen-bond donors (Lipinski definition) is 2. The van der Waals surface area contributed by atoms with Crippen LogP contribution in [0, 0.1) is 0 Å². The van der Waals surface area contributed by atoms with Gasteiger partial charge in [-0.05, 0) is 30.7 Å². The lowest BCUT2D eigenvalue weighted by atomic mass is 10.1. The Hall–Kier alpha value is -1.10. The Labute approximate surface area is 109 Å². The second kappa shape index (κ2) is 7.36. The molecule has 0 spiro atoms. The number of benzene rings is 1. The molecule has 1 fully saturated rings. The first-order valence-electron chi connectivity index (χ1n) is 6.54. The normalized spacial score (nSPS) is 19.7. The Balaban J connectivity index is 1.62. The Morgan fingerprint density at radius 1 is 1.39 bits per heavy atom. The molecule has 1 heterocycles. The van der Waals surface area contributed by atoms with Crippen molar-refractivity contribution in [3.05, 3.63) is 29.8 Å². The average molecular weight is 250 g/mol. The lowest BCUT2D eigenvalue weighted by Crippen LogP contribution is -2.44. The molecule has 0 saturated carbocycles. The van der Waals surface area contributed by atoms with E-state index >= 15 is 0 Å². The van der Waals surface area contributed by atoms with E-state index in [0.717, 1.165) is 45.0 Å². The van der Waals surface area contributed by atoms with Gasteiger partial charge in [0.2, 0.25) is 0 Å². The predicted molar refractivity (Wildman–Crippen MR) is 72.2 cm³/mol. The van der Waals surface area contributed by atoms with Crippen LogP contribution in [0.15, 0.2) is 24.3 Å². The number of hydrogen-bond acceptors (Lipinski definition) is 4. The molecule has 2 rings (SSSR count). The Bertz CT molecular complexity index is 334. The molecule has 0 bridgehead atoms. The van der Waals surface area contributed by atoms with Gasteiger partial charge in [0.15, 0.2) is 0 Å². The molecule has 1 aliphatic heterocycles. The van der Waals surface area contributed by atoms with Gasteiger partial charge in [0.1, 0.15) is 5.75 Å². The number of morpholine rings is 1. The molecule has 0 amide bonds. The molecule has 4 heteroatoms. The fourth-order valence-electron chi connectivity index (χ4n) is 2.04. The molecular formula is C14H22N2O2. The fourth-order valence-corrected chi connectivity index (χ4v) is 2.04. The van der Waals surface area contributed by atoms with Crippen LogP contribution >= 0.6 is 0 Å². The molecule has 2 N–H and O–H groups in total. The van der Waals surface area contributed by atoms with Crippen molar-refractivity contribution >= 4 is 0 Å². The summed E-state index contributed by atoms with van der Waals surface area (Å²) in [6.07, 6.45) is 1.35. The third kappa shape index (κ3) is 4.29. The lowest BCUT2D eigenvalue weighted by molar-refractivity contribution is 0.0294. The van der Waals surface area contributed by atoms with Crippen molar-refractivity contribution < 1.29 is 9.47 Å². The highest BCUT2D eigenvalue weighted by atomic mass is 16.5. The van der Waals surface area contributed by atoms with Gasteiger partial charge in [-0.2, -0.15) is 0 Å². The number of nitrogens with one attached hydrogen (secondary N) is 2. The van der Waals surface area contributed by atoms with Crippen LogP contribution in [0.3, 0.4) is 0 Å². The van der Waals surface area contributed by atoms with Crippen molar-refractivity contribution in [2.45, 2.75) is 12.5 Å². The van der Waals surface area contributed by atoms with Gasteiger partial charge in [-0.15, -0.1) is 0 Å². The van der Waals surface area contributed by atoms with Gasteiger partial charge in [-0.25, -0.2) is 0 Å². The molecule has 1 atom stereocenters. The van der Waals surface area contributed by atoms with E-state index in [1.54, 1.807) is 7.11 Å². The largest absolute Gasteiger partial charge is 0.497 e. The predicted octanol–water partition coefficient (Wildman–Crippen LogP) is 0.816. The molecule has 0 aromatic heterocycles. The van der Waals surface area contributed by atoms with E-state index in [-0.39, 0.29) is 0 Å². The van der Waals surface area contributed by atoms with Gasteiger partial charge < -0.3 is 20.1 Å². The maximum atomic E-state index is 5.62. The Kier molecular flexibility index (Phi) is 5.45. The van der Waals surface area contributed by atoms with E-state index in [0.29, 0.717) is 6.10 Å². The van der Waals surface area contributed by atoms with Gasteiger partial charge in [-0.1, -0.05) is 12.1 Å². The van der Waals surface area contributed by atoms with Crippen molar-refractivity contribution in [1.82, 2.24) is 10.6 Å². The zero-order chi connectivity index (χ0) is 12.6. The molecule has 1 aromatic carbocycles. The smallest absolute Gasteiger partial charge is 0.118 e. The Morgan fingerprint density at radius 2 is 2.22 bits per heavy atom. The molecule has 1 unspecified atom stereocenters. The molecule has 0 radical (unpaired) electrons. The standard InChI is InChI=1S/C14H22N2O2/c1-17-13-4-2-12(3-5-13)6-7-15-10-14-11-16-8-9-18-14/h2-5,14-16H,6-11H2,1H3. The van der Waals surface area contributed by atoms with E-state index in [1.165, 1.54) is 5.56 Å². The minimum atomic E-state index is 0.314. The first-order valence-corrected chi connectivity index (χ1v) is 6.54. The maximum Gasteiger partial charge on any atom is 0.118 e. The van der Waals surface area contributed by atoms with Gasteiger partial charge in [-0.3, -0.25) is 0 Å². The van der Waals surface area contributed by atoms with Crippen molar-refractivity contribution in [2.75, 3.05) is 39.9 Å². The van der Waals surface area contributed by atoms with Crippen molar-refractivity contribution in [2.24, 2.45) is 0 Å². The molecule has 0 aliphatic carbocycles. The van der Waals surface area contributed by atoms with Crippen LogP contribution < -0.4 is 15.4 Å². The zero-order valence-electron chi connectivity index (χ0n) is 10.9. The first kappa shape index (κ1) is 13.3. The summed E-state index contributed by atoms with van der Waals surface area (Å²) in [5, 5.41) is 6.76. The van der Waals surface area contributed by atoms with E-state index in [1.807, 2.05) is 12.1 Å². The Morgan fingerprint density at radius 3 is 2.89 bits per heavy atom. The van der Waals surface area contributed by atoms with Crippen LogP contribution in [0.25, 0.3) is 0 Å². The molecule has 1 saturated heterocycles. The highest BCUT2D eigenvalue weighted by Gasteiger charge is 2.11. The highest BCUT2D eigenvalue weighted by molar-refractivity contribution is 5.27. The second-order valence-corrected chi connectivity index (χ2v) is 4.50. The third-order valence-corrected chi connectivity index (χ3v) is 3.13. The molecule has 100 valence electrons. The van der Waals surface area contributed by atoms with Crippen LogP contribution in [-0.4, -0.2) is 46.0 Å². The minimum Gasteiger partial charge on any atom is -0.497 e. The fraction of sp³-hybridized carbons (Fsp3) is 0.571. The lowest BCUT2D eigenvalue weighted by Gasteiger charge is -2.23. The summed E-state index contributed by atoms with van der Waals surface area (Å²) < 4.78 is 10.8. The van der Waals surface area contributed by atoms with Crippen LogP contribution in [0.5, 0.6) is 5.75 Å². The van der Waals surface area contributed by atoms with Gasteiger partial charge in [0.05, 0.1) is 19.8 Å². The van der Waals surface area contributed by atoms with Gasteiger partial charge in [0.25, 0.3) is 0 Å². The molecule has 4 nitrogen and oxygen atoms in total. The molecular weight excluding hydrogens is 228 g/mol. The van der Waals surface area contributed by atoms with Crippen molar-refractivity contribution in [1.29, 1.82) is 0 Å². The molecule has 1 aromatic rings. The molecule has 1 aliphatic rings. The summed E-state index contributed by atoms with van der Waals surface area (Å²) in [5.41, 5.74) is 1.32. The van der Waals surface area contributed by atoms with E-state index < -0.39 is 0 Å². The number of ether oxygens (including phenoxy) is 2. The maximum absolute atomic E-state index is 5.62. The third-order valence-electron chi connectivity index (χ3n) is 3.13. The summed E-state index contributed by atoms with van der Waals surface area (Å²) in [6, 6.07) is 8.23. The zero-order valence-corrected chi connectivity index (χ0v) is 10.9. The van der Waals surface area contributed by atoms with Crippen LogP contribution in [-0.2, 0) is 11.2 Å². The number of methoxy groups -OCH3 is 1. The SMILES string of the molecule is COc1ccc(CCNCC2CNCCO2)cc1. The topological polar surface area (TPSA) is 42.5 Å². The van der Waals surface area contributed by atoms with Crippen LogP contribution in [0.2, 0.25) is 0 Å². The summed E-state index contributed by atoms with van der Waals surface area (Å²) in [5.74, 6) is 0.911. The summed E-state index contributed by atoms with van der Waals surface area (Å²) >= 11 is 0. The quantitative estimate of drug-likeness (QED) is 0.734. The molecule has 18 heavy (non-hydrogen) atoms. The van der Waals surface area contributed by atoms with Gasteiger partial charge >= 0.3 is 0 Å². The minimum absolute atomic E-state index is 0.314. The van der Waals surface area contributed by atoms with E-state index in [4.69, 9.17) is 9.47 Å². The second-order valence-electron chi connectivity index (χ2n) is 4.50.